The summed E-state index contributed by atoms with van der Waals surface area (Å²) in [5.41, 5.74) is 6.80. The Bertz CT molecular complexity index is 603. The van der Waals surface area contributed by atoms with E-state index in [-0.39, 0.29) is 23.7 Å². The second kappa shape index (κ2) is 10.8. The van der Waals surface area contributed by atoms with Gasteiger partial charge in [-0.3, -0.25) is 4.79 Å². The maximum absolute atomic E-state index is 12.3. The lowest BCUT2D eigenvalue weighted by molar-refractivity contribution is -0.121. The van der Waals surface area contributed by atoms with Gasteiger partial charge >= 0.3 is 0 Å². The monoisotopic (exact) mass is 396 g/mol. The molecule has 3 N–H and O–H groups in total. The second-order valence-electron chi connectivity index (χ2n) is 7.58. The zero-order valence-electron chi connectivity index (χ0n) is 16.1. The molecular weight excluding hydrogens is 364 g/mol. The van der Waals surface area contributed by atoms with Crippen molar-refractivity contribution in [2.24, 2.45) is 5.73 Å². The zero-order chi connectivity index (χ0) is 18.2. The summed E-state index contributed by atoms with van der Waals surface area (Å²) < 4.78 is 11.4. The van der Waals surface area contributed by atoms with Gasteiger partial charge < -0.3 is 20.5 Å². The number of benzene rings is 1. The zero-order valence-corrected chi connectivity index (χ0v) is 17.0. The molecule has 5 nitrogen and oxygen atoms in total. The third-order valence-corrected chi connectivity index (χ3v) is 5.70. The molecule has 1 heterocycles. The smallest absolute Gasteiger partial charge is 0.220 e. The molecule has 0 spiro atoms. The minimum Gasteiger partial charge on any atom is -0.486 e. The summed E-state index contributed by atoms with van der Waals surface area (Å²) in [5, 5.41) is 3.20. The van der Waals surface area contributed by atoms with Crippen LogP contribution >= 0.6 is 12.4 Å². The highest BCUT2D eigenvalue weighted by molar-refractivity contribution is 5.85. The molecule has 1 amide bonds. The molecule has 0 saturated heterocycles. The Labute approximate surface area is 168 Å². The molecular formula is C21H33ClN2O3. The van der Waals surface area contributed by atoms with E-state index in [2.05, 4.69) is 17.4 Å². The molecule has 27 heavy (non-hydrogen) atoms. The number of nitrogens with two attached hydrogens (primary N) is 1. The average molecular weight is 397 g/mol. The van der Waals surface area contributed by atoms with Crippen LogP contribution in [0.3, 0.4) is 0 Å². The number of amides is 1. The van der Waals surface area contributed by atoms with Crippen LogP contribution in [0.25, 0.3) is 0 Å². The van der Waals surface area contributed by atoms with Gasteiger partial charge in [-0.1, -0.05) is 31.7 Å². The van der Waals surface area contributed by atoms with E-state index in [1.807, 2.05) is 6.07 Å². The number of unbranched alkanes of at least 4 members (excludes halogenated alkanes) is 3. The molecule has 0 unspecified atom stereocenters. The molecule has 2 aliphatic rings. The first-order valence-corrected chi connectivity index (χ1v) is 10.1. The lowest BCUT2D eigenvalue weighted by atomic mass is 9.78. The van der Waals surface area contributed by atoms with Gasteiger partial charge in [0.25, 0.3) is 0 Å². The van der Waals surface area contributed by atoms with E-state index in [9.17, 15) is 4.79 Å². The van der Waals surface area contributed by atoms with Gasteiger partial charge in [0.05, 0.1) is 0 Å². The van der Waals surface area contributed by atoms with Gasteiger partial charge in [-0.2, -0.15) is 0 Å². The van der Waals surface area contributed by atoms with E-state index in [0.717, 1.165) is 56.6 Å². The van der Waals surface area contributed by atoms with Crippen LogP contribution in [0.5, 0.6) is 11.5 Å². The van der Waals surface area contributed by atoms with Crippen molar-refractivity contribution in [3.8, 4) is 11.5 Å². The summed E-state index contributed by atoms with van der Waals surface area (Å²) in [4.78, 5) is 12.3. The van der Waals surface area contributed by atoms with Crippen LogP contribution in [0.2, 0.25) is 0 Å². The predicted octanol–water partition coefficient (Wildman–Crippen LogP) is 3.72. The Morgan fingerprint density at radius 3 is 2.48 bits per heavy atom. The molecule has 3 rings (SSSR count). The fraction of sp³-hybridized carbons (Fsp3) is 0.667. The highest BCUT2D eigenvalue weighted by Gasteiger charge is 2.36. The highest BCUT2D eigenvalue weighted by Crippen LogP contribution is 2.43. The first-order valence-electron chi connectivity index (χ1n) is 10.1. The summed E-state index contributed by atoms with van der Waals surface area (Å²) in [5.74, 6) is 1.84. The van der Waals surface area contributed by atoms with E-state index < -0.39 is 0 Å². The quantitative estimate of drug-likeness (QED) is 0.624. The van der Waals surface area contributed by atoms with Crippen molar-refractivity contribution in [3.63, 3.8) is 0 Å². The third kappa shape index (κ3) is 5.76. The van der Waals surface area contributed by atoms with Crippen molar-refractivity contribution in [2.75, 3.05) is 26.3 Å². The van der Waals surface area contributed by atoms with E-state index in [1.165, 1.54) is 18.4 Å². The van der Waals surface area contributed by atoms with Crippen LogP contribution in [0.1, 0.15) is 63.4 Å². The molecule has 1 aromatic rings. The summed E-state index contributed by atoms with van der Waals surface area (Å²) in [6.07, 6.45) is 9.46. The standard InChI is InChI=1S/C21H32N2O3.ClH/c22-12-6-2-1-3-7-20(24)23-16-21(10-4-5-11-21)17-8-9-18-19(15-17)26-14-13-25-18;/h8-9,15H,1-7,10-14,16,22H2,(H,23,24);1H. The van der Waals surface area contributed by atoms with E-state index >= 15 is 0 Å². The van der Waals surface area contributed by atoms with Crippen LogP contribution in [0, 0.1) is 0 Å². The number of fused-ring (bicyclic) bond motifs is 1. The topological polar surface area (TPSA) is 73.6 Å². The Balaban J connectivity index is 0.00000261. The SMILES string of the molecule is Cl.NCCCCCCC(=O)NCC1(c2ccc3c(c2)OCCO3)CCCC1. The first kappa shape index (κ1) is 21.8. The Kier molecular flexibility index (Phi) is 8.71. The fourth-order valence-corrected chi connectivity index (χ4v) is 4.13. The van der Waals surface area contributed by atoms with Crippen LogP contribution < -0.4 is 20.5 Å². The summed E-state index contributed by atoms with van der Waals surface area (Å²) in [6, 6.07) is 6.29. The fourth-order valence-electron chi connectivity index (χ4n) is 4.13. The average Bonchev–Trinajstić information content (AvgIpc) is 3.16. The second-order valence-corrected chi connectivity index (χ2v) is 7.58. The Morgan fingerprint density at radius 1 is 1.04 bits per heavy atom. The van der Waals surface area contributed by atoms with Crippen molar-refractivity contribution in [3.05, 3.63) is 23.8 Å². The summed E-state index contributed by atoms with van der Waals surface area (Å²) >= 11 is 0. The molecule has 1 aromatic carbocycles. The maximum Gasteiger partial charge on any atom is 0.220 e. The lowest BCUT2D eigenvalue weighted by Crippen LogP contribution is -2.39. The highest BCUT2D eigenvalue weighted by atomic mass is 35.5. The Morgan fingerprint density at radius 2 is 1.74 bits per heavy atom. The van der Waals surface area contributed by atoms with Crippen LogP contribution in [-0.2, 0) is 10.2 Å². The number of carbonyl (C=O) groups is 1. The molecule has 1 aliphatic heterocycles. The predicted molar refractivity (Wildman–Crippen MR) is 110 cm³/mol. The van der Waals surface area contributed by atoms with E-state index in [0.29, 0.717) is 26.2 Å². The molecule has 152 valence electrons. The molecule has 0 radical (unpaired) electrons. The maximum atomic E-state index is 12.3. The van der Waals surface area contributed by atoms with E-state index in [1.54, 1.807) is 0 Å². The first-order chi connectivity index (χ1) is 12.7. The summed E-state index contributed by atoms with van der Waals surface area (Å²) in [7, 11) is 0. The number of hydrogen-bond donors (Lipinski definition) is 2. The lowest BCUT2D eigenvalue weighted by Gasteiger charge is -2.31. The van der Waals surface area contributed by atoms with Gasteiger partial charge in [-0.25, -0.2) is 0 Å². The summed E-state index contributed by atoms with van der Waals surface area (Å²) in [6.45, 7) is 2.67. The van der Waals surface area contributed by atoms with Gasteiger partial charge in [0.1, 0.15) is 13.2 Å². The molecule has 1 saturated carbocycles. The number of halogens is 1. The van der Waals surface area contributed by atoms with Gasteiger partial charge in [0, 0.05) is 18.4 Å². The number of nitrogens with one attached hydrogen (secondary N) is 1. The molecule has 0 bridgehead atoms. The number of carbonyl (C=O) groups excluding carboxylic acids is 1. The Hall–Kier alpha value is -1.46. The molecule has 1 aliphatic carbocycles. The normalized spacial score (nSPS) is 17.2. The minimum absolute atomic E-state index is 0. The molecule has 0 aromatic heterocycles. The largest absolute Gasteiger partial charge is 0.486 e. The van der Waals surface area contributed by atoms with Crippen LogP contribution in [0.4, 0.5) is 0 Å². The van der Waals surface area contributed by atoms with Crippen molar-refractivity contribution in [1.29, 1.82) is 0 Å². The van der Waals surface area contributed by atoms with Crippen LogP contribution in [0.15, 0.2) is 18.2 Å². The van der Waals surface area contributed by atoms with E-state index in [4.69, 9.17) is 15.2 Å². The van der Waals surface area contributed by atoms with Crippen molar-refractivity contribution >= 4 is 18.3 Å². The molecule has 6 heteroatoms. The number of ether oxygens (including phenoxy) is 2. The molecule has 1 fully saturated rings. The van der Waals surface area contributed by atoms with Crippen molar-refractivity contribution < 1.29 is 14.3 Å². The van der Waals surface area contributed by atoms with Gasteiger partial charge in [-0.15, -0.1) is 12.4 Å². The van der Waals surface area contributed by atoms with Crippen molar-refractivity contribution in [1.82, 2.24) is 5.32 Å². The van der Waals surface area contributed by atoms with Gasteiger partial charge in [-0.05, 0) is 49.9 Å². The molecule has 0 atom stereocenters. The third-order valence-electron chi connectivity index (χ3n) is 5.70. The van der Waals surface area contributed by atoms with Crippen molar-refractivity contribution in [2.45, 2.75) is 63.2 Å². The number of rotatable bonds is 9. The number of hydrogen-bond acceptors (Lipinski definition) is 4. The van der Waals surface area contributed by atoms with Gasteiger partial charge in [0.15, 0.2) is 11.5 Å². The minimum atomic E-state index is 0. The van der Waals surface area contributed by atoms with Gasteiger partial charge in [0.2, 0.25) is 5.91 Å². The van der Waals surface area contributed by atoms with Crippen LogP contribution in [-0.4, -0.2) is 32.2 Å².